The lowest BCUT2D eigenvalue weighted by Crippen LogP contribution is -2.27. The molecule has 0 aliphatic carbocycles. The van der Waals surface area contributed by atoms with Crippen LogP contribution in [0.2, 0.25) is 5.28 Å². The second-order valence-corrected chi connectivity index (χ2v) is 5.84. The summed E-state index contributed by atoms with van der Waals surface area (Å²) in [7, 11) is 0. The molecule has 1 N–H and O–H groups in total. The second-order valence-electron chi connectivity index (χ2n) is 4.61. The molecule has 0 fully saturated rings. The molecular formula is C11H12ClN3O2S. The molecule has 0 atom stereocenters. The van der Waals surface area contributed by atoms with E-state index in [-0.39, 0.29) is 5.28 Å². The van der Waals surface area contributed by atoms with Gasteiger partial charge in [0.05, 0.1) is 5.39 Å². The fraction of sp³-hybridized carbons (Fsp3) is 0.364. The lowest BCUT2D eigenvalue weighted by molar-refractivity contribution is 0.0635. The van der Waals surface area contributed by atoms with E-state index in [0.29, 0.717) is 5.82 Å². The third-order valence-electron chi connectivity index (χ3n) is 1.92. The Morgan fingerprint density at radius 2 is 2.17 bits per heavy atom. The number of nitrogens with zero attached hydrogens (tertiary/aromatic N) is 2. The number of anilines is 1. The van der Waals surface area contributed by atoms with Crippen molar-refractivity contribution in [2.24, 2.45) is 0 Å². The highest BCUT2D eigenvalue weighted by Crippen LogP contribution is 2.26. The molecule has 0 aromatic carbocycles. The van der Waals surface area contributed by atoms with Gasteiger partial charge in [0.1, 0.15) is 16.2 Å². The molecule has 0 saturated heterocycles. The van der Waals surface area contributed by atoms with E-state index in [1.807, 2.05) is 11.4 Å². The van der Waals surface area contributed by atoms with E-state index < -0.39 is 11.7 Å². The highest BCUT2D eigenvalue weighted by atomic mass is 35.5. The average Bonchev–Trinajstić information content (AvgIpc) is 2.61. The standard InChI is InChI=1S/C11H12ClN3O2S/c1-11(2,3)17-10(16)14-7-6-4-5-18-8(6)15-9(12)13-7/h4-5H,1-3H3,(H,13,14,15,16). The molecule has 0 aliphatic heterocycles. The van der Waals surface area contributed by atoms with Gasteiger partial charge in [0.15, 0.2) is 0 Å². The lowest BCUT2D eigenvalue weighted by Gasteiger charge is -2.19. The summed E-state index contributed by atoms with van der Waals surface area (Å²) in [6.45, 7) is 5.37. The van der Waals surface area contributed by atoms with Gasteiger partial charge in [0.25, 0.3) is 0 Å². The minimum Gasteiger partial charge on any atom is -0.444 e. The Bertz CT molecular complexity index is 591. The van der Waals surface area contributed by atoms with Gasteiger partial charge in [-0.05, 0) is 43.8 Å². The van der Waals surface area contributed by atoms with Crippen LogP contribution in [0.3, 0.4) is 0 Å². The summed E-state index contributed by atoms with van der Waals surface area (Å²) in [5.74, 6) is 0.362. The molecule has 0 unspecified atom stereocenters. The molecule has 0 saturated carbocycles. The molecular weight excluding hydrogens is 274 g/mol. The molecule has 1 amide bonds. The molecule has 2 aromatic rings. The number of ether oxygens (including phenoxy) is 1. The van der Waals surface area contributed by atoms with Crippen molar-refractivity contribution in [2.45, 2.75) is 26.4 Å². The van der Waals surface area contributed by atoms with E-state index in [0.717, 1.165) is 10.2 Å². The number of aromatic nitrogens is 2. The normalized spacial score (nSPS) is 11.6. The predicted octanol–water partition coefficient (Wildman–Crippen LogP) is 3.69. The molecule has 18 heavy (non-hydrogen) atoms. The second kappa shape index (κ2) is 4.70. The molecule has 2 aromatic heterocycles. The first kappa shape index (κ1) is 13.0. The maximum absolute atomic E-state index is 11.7. The Hall–Kier alpha value is -1.40. The molecule has 0 radical (unpaired) electrons. The van der Waals surface area contributed by atoms with E-state index in [1.165, 1.54) is 11.3 Å². The Morgan fingerprint density at radius 3 is 2.83 bits per heavy atom. The zero-order chi connectivity index (χ0) is 13.3. The molecule has 7 heteroatoms. The van der Waals surface area contributed by atoms with Crippen molar-refractivity contribution in [3.8, 4) is 0 Å². The molecule has 0 aliphatic rings. The number of amides is 1. The lowest BCUT2D eigenvalue weighted by atomic mass is 10.2. The van der Waals surface area contributed by atoms with E-state index in [4.69, 9.17) is 16.3 Å². The van der Waals surface area contributed by atoms with Gasteiger partial charge < -0.3 is 4.74 Å². The van der Waals surface area contributed by atoms with Crippen LogP contribution >= 0.6 is 22.9 Å². The summed E-state index contributed by atoms with van der Waals surface area (Å²) in [5.41, 5.74) is -0.561. The van der Waals surface area contributed by atoms with Crippen molar-refractivity contribution in [2.75, 3.05) is 5.32 Å². The molecule has 2 heterocycles. The highest BCUT2D eigenvalue weighted by molar-refractivity contribution is 7.16. The highest BCUT2D eigenvalue weighted by Gasteiger charge is 2.18. The molecule has 0 bridgehead atoms. The van der Waals surface area contributed by atoms with Gasteiger partial charge >= 0.3 is 6.09 Å². The Labute approximate surface area is 113 Å². The van der Waals surface area contributed by atoms with Gasteiger partial charge in [0, 0.05) is 0 Å². The molecule has 96 valence electrons. The predicted molar refractivity (Wildman–Crippen MR) is 72.3 cm³/mol. The quantitative estimate of drug-likeness (QED) is 0.812. The summed E-state index contributed by atoms with van der Waals surface area (Å²) < 4.78 is 5.16. The van der Waals surface area contributed by atoms with Crippen LogP contribution in [0.4, 0.5) is 10.6 Å². The topological polar surface area (TPSA) is 64.1 Å². The van der Waals surface area contributed by atoms with Gasteiger partial charge in [-0.1, -0.05) is 0 Å². The van der Waals surface area contributed by atoms with Crippen LogP contribution in [-0.2, 0) is 4.74 Å². The maximum Gasteiger partial charge on any atom is 0.413 e. The van der Waals surface area contributed by atoms with Gasteiger partial charge in [-0.25, -0.2) is 9.78 Å². The summed E-state index contributed by atoms with van der Waals surface area (Å²) in [5, 5.41) is 5.27. The number of carbonyl (C=O) groups excluding carboxylic acids is 1. The minimum absolute atomic E-state index is 0.0935. The summed E-state index contributed by atoms with van der Waals surface area (Å²) in [6.07, 6.45) is -0.565. The Balaban J connectivity index is 2.26. The average molecular weight is 286 g/mol. The van der Waals surface area contributed by atoms with Crippen LogP contribution < -0.4 is 5.32 Å². The van der Waals surface area contributed by atoms with Crippen LogP contribution in [0.25, 0.3) is 10.2 Å². The van der Waals surface area contributed by atoms with E-state index in [1.54, 1.807) is 20.8 Å². The third-order valence-corrected chi connectivity index (χ3v) is 2.89. The summed E-state index contributed by atoms with van der Waals surface area (Å²) >= 11 is 7.22. The summed E-state index contributed by atoms with van der Waals surface area (Å²) in [6, 6.07) is 1.82. The van der Waals surface area contributed by atoms with Crippen molar-refractivity contribution in [1.82, 2.24) is 9.97 Å². The van der Waals surface area contributed by atoms with Crippen molar-refractivity contribution >= 4 is 45.1 Å². The van der Waals surface area contributed by atoms with Gasteiger partial charge in [0.2, 0.25) is 5.28 Å². The molecule has 5 nitrogen and oxygen atoms in total. The fourth-order valence-corrected chi connectivity index (χ4v) is 2.31. The largest absolute Gasteiger partial charge is 0.444 e. The fourth-order valence-electron chi connectivity index (χ4n) is 1.32. The van der Waals surface area contributed by atoms with Crippen molar-refractivity contribution in [3.05, 3.63) is 16.7 Å². The number of fused-ring (bicyclic) bond motifs is 1. The monoisotopic (exact) mass is 285 g/mol. The Morgan fingerprint density at radius 1 is 1.44 bits per heavy atom. The van der Waals surface area contributed by atoms with Crippen molar-refractivity contribution in [3.63, 3.8) is 0 Å². The van der Waals surface area contributed by atoms with E-state index in [2.05, 4.69) is 15.3 Å². The minimum atomic E-state index is -0.565. The molecule has 0 spiro atoms. The summed E-state index contributed by atoms with van der Waals surface area (Å²) in [4.78, 5) is 20.4. The first-order valence-corrected chi connectivity index (χ1v) is 6.52. The van der Waals surface area contributed by atoms with Gasteiger partial charge in [-0.15, -0.1) is 11.3 Å². The van der Waals surface area contributed by atoms with Crippen LogP contribution in [-0.4, -0.2) is 21.7 Å². The Kier molecular flexibility index (Phi) is 3.41. The number of halogens is 1. The number of thiophene rings is 1. The van der Waals surface area contributed by atoms with E-state index in [9.17, 15) is 4.79 Å². The number of hydrogen-bond acceptors (Lipinski definition) is 5. The van der Waals surface area contributed by atoms with Gasteiger partial charge in [-0.2, -0.15) is 4.98 Å². The van der Waals surface area contributed by atoms with E-state index >= 15 is 0 Å². The SMILES string of the molecule is CC(C)(C)OC(=O)Nc1nc(Cl)nc2sccc12. The first-order valence-electron chi connectivity index (χ1n) is 5.26. The number of nitrogens with one attached hydrogen (secondary N) is 1. The van der Waals surface area contributed by atoms with Crippen LogP contribution in [0.1, 0.15) is 20.8 Å². The maximum atomic E-state index is 11.7. The van der Waals surface area contributed by atoms with Crippen LogP contribution in [0, 0.1) is 0 Å². The van der Waals surface area contributed by atoms with Gasteiger partial charge in [-0.3, -0.25) is 5.32 Å². The molecule has 2 rings (SSSR count). The number of carbonyl (C=O) groups is 1. The third kappa shape index (κ3) is 3.08. The van der Waals surface area contributed by atoms with Crippen molar-refractivity contribution in [1.29, 1.82) is 0 Å². The number of hydrogen-bond donors (Lipinski definition) is 1. The zero-order valence-corrected chi connectivity index (χ0v) is 11.7. The van der Waals surface area contributed by atoms with Crippen molar-refractivity contribution < 1.29 is 9.53 Å². The van der Waals surface area contributed by atoms with Crippen LogP contribution in [0.5, 0.6) is 0 Å². The number of rotatable bonds is 1. The zero-order valence-electron chi connectivity index (χ0n) is 10.2. The van der Waals surface area contributed by atoms with Crippen LogP contribution in [0.15, 0.2) is 11.4 Å². The smallest absolute Gasteiger partial charge is 0.413 e. The first-order chi connectivity index (χ1) is 8.35.